The largest absolute Gasteiger partial charge is 0.497 e. The Balaban J connectivity index is 1.98. The normalized spacial score (nSPS) is 11.5. The molecule has 0 aliphatic heterocycles. The van der Waals surface area contributed by atoms with Crippen molar-refractivity contribution >= 4 is 22.4 Å². The molecule has 1 aromatic heterocycles. The molecule has 3 rings (SSSR count). The fourth-order valence-electron chi connectivity index (χ4n) is 3.56. The number of hydrogen-bond donors (Lipinski definition) is 1. The molecule has 5 nitrogen and oxygen atoms in total. The molecule has 1 amide bonds. The highest BCUT2D eigenvalue weighted by molar-refractivity contribution is 6.00. The Bertz CT molecular complexity index is 1060. The number of methoxy groups -OCH3 is 1. The van der Waals surface area contributed by atoms with Gasteiger partial charge in [0.2, 0.25) is 5.91 Å². The van der Waals surface area contributed by atoms with Crippen LogP contribution >= 0.6 is 0 Å². The lowest BCUT2D eigenvalue weighted by molar-refractivity contribution is -0.116. The van der Waals surface area contributed by atoms with E-state index in [4.69, 9.17) is 13.9 Å². The van der Waals surface area contributed by atoms with Gasteiger partial charge >= 0.3 is 0 Å². The summed E-state index contributed by atoms with van der Waals surface area (Å²) in [6.45, 7) is 7.23. The quantitative estimate of drug-likeness (QED) is 0.312. The van der Waals surface area contributed by atoms with Gasteiger partial charge in [-0.2, -0.15) is 0 Å². The van der Waals surface area contributed by atoms with Gasteiger partial charge in [0.15, 0.2) is 0 Å². The Hall–Kier alpha value is -3.21. The van der Waals surface area contributed by atoms with Gasteiger partial charge in [-0.3, -0.25) is 4.79 Å². The standard InChI is InChI=1S/C26H31NO4/c1-5-7-8-12-27-26(28)13-18(3)21-15-22-23(19-10-9-11-20(14-19)29-4)17-31-25(22)16-24(21)30-6-2/h9-11,13-17H,5-8,12H2,1-4H3,(H,27,28)/b18-13+. The van der Waals surface area contributed by atoms with Crippen molar-refractivity contribution in [2.45, 2.75) is 40.0 Å². The number of furan rings is 1. The summed E-state index contributed by atoms with van der Waals surface area (Å²) in [6.07, 6.45) is 6.62. The molecule has 0 unspecified atom stereocenters. The van der Waals surface area contributed by atoms with E-state index in [1.807, 2.05) is 50.2 Å². The number of carbonyl (C=O) groups excluding carboxylic acids is 1. The van der Waals surface area contributed by atoms with Crippen LogP contribution in [0.4, 0.5) is 0 Å². The second-order valence-corrected chi connectivity index (χ2v) is 7.48. The van der Waals surface area contributed by atoms with Crippen molar-refractivity contribution in [2.75, 3.05) is 20.3 Å². The third kappa shape index (κ3) is 5.48. The van der Waals surface area contributed by atoms with Crippen molar-refractivity contribution in [1.82, 2.24) is 5.32 Å². The monoisotopic (exact) mass is 421 g/mol. The molecule has 1 N–H and O–H groups in total. The van der Waals surface area contributed by atoms with E-state index in [2.05, 4.69) is 12.2 Å². The molecular formula is C26H31NO4. The Labute approximate surface area is 184 Å². The van der Waals surface area contributed by atoms with Crippen molar-refractivity contribution in [3.63, 3.8) is 0 Å². The van der Waals surface area contributed by atoms with Gasteiger partial charge in [0.05, 0.1) is 20.0 Å². The molecule has 0 saturated heterocycles. The second kappa shape index (κ2) is 10.7. The third-order valence-corrected chi connectivity index (χ3v) is 5.21. The first-order chi connectivity index (χ1) is 15.1. The minimum absolute atomic E-state index is 0.0867. The lowest BCUT2D eigenvalue weighted by Gasteiger charge is -2.12. The number of rotatable bonds is 10. The molecule has 0 aliphatic rings. The van der Waals surface area contributed by atoms with E-state index >= 15 is 0 Å². The second-order valence-electron chi connectivity index (χ2n) is 7.48. The van der Waals surface area contributed by atoms with Crippen LogP contribution < -0.4 is 14.8 Å². The van der Waals surface area contributed by atoms with Crippen LogP contribution in [0.5, 0.6) is 11.5 Å². The molecule has 31 heavy (non-hydrogen) atoms. The molecule has 2 aromatic carbocycles. The number of allylic oxidation sites excluding steroid dienone is 1. The van der Waals surface area contributed by atoms with Crippen molar-refractivity contribution < 1.29 is 18.7 Å². The number of carbonyl (C=O) groups is 1. The maximum absolute atomic E-state index is 12.4. The first kappa shape index (κ1) is 22.5. The van der Waals surface area contributed by atoms with Crippen LogP contribution in [0.1, 0.15) is 45.6 Å². The molecule has 0 spiro atoms. The summed E-state index contributed by atoms with van der Waals surface area (Å²) in [4.78, 5) is 12.4. The Morgan fingerprint density at radius 1 is 1.16 bits per heavy atom. The van der Waals surface area contributed by atoms with Gasteiger partial charge in [0.25, 0.3) is 0 Å². The molecule has 3 aromatic rings. The zero-order valence-corrected chi connectivity index (χ0v) is 18.8. The van der Waals surface area contributed by atoms with Crippen LogP contribution in [0, 0.1) is 0 Å². The lowest BCUT2D eigenvalue weighted by atomic mass is 9.99. The van der Waals surface area contributed by atoms with E-state index in [1.165, 1.54) is 0 Å². The molecule has 0 aliphatic carbocycles. The summed E-state index contributed by atoms with van der Waals surface area (Å²) >= 11 is 0. The van der Waals surface area contributed by atoms with Crippen molar-refractivity contribution in [1.29, 1.82) is 0 Å². The van der Waals surface area contributed by atoms with Gasteiger partial charge in [-0.1, -0.05) is 31.9 Å². The maximum atomic E-state index is 12.4. The number of benzene rings is 2. The molecule has 0 bridgehead atoms. The van der Waals surface area contributed by atoms with E-state index in [9.17, 15) is 4.79 Å². The zero-order valence-electron chi connectivity index (χ0n) is 18.8. The molecular weight excluding hydrogens is 390 g/mol. The number of ether oxygens (including phenoxy) is 2. The van der Waals surface area contributed by atoms with Gasteiger partial charge in [-0.05, 0) is 49.6 Å². The van der Waals surface area contributed by atoms with Crippen LogP contribution in [0.15, 0.2) is 53.2 Å². The highest BCUT2D eigenvalue weighted by Gasteiger charge is 2.15. The highest BCUT2D eigenvalue weighted by Crippen LogP contribution is 2.38. The summed E-state index contributed by atoms with van der Waals surface area (Å²) in [6, 6.07) is 11.8. The Kier molecular flexibility index (Phi) is 7.76. The van der Waals surface area contributed by atoms with E-state index in [1.54, 1.807) is 19.4 Å². The summed E-state index contributed by atoms with van der Waals surface area (Å²) in [5, 5.41) is 3.92. The molecule has 0 saturated carbocycles. The van der Waals surface area contributed by atoms with Gasteiger partial charge < -0.3 is 19.2 Å². The minimum Gasteiger partial charge on any atom is -0.497 e. The van der Waals surface area contributed by atoms with E-state index in [0.29, 0.717) is 18.9 Å². The van der Waals surface area contributed by atoms with Crippen LogP contribution in [0.2, 0.25) is 0 Å². The summed E-state index contributed by atoms with van der Waals surface area (Å²) in [5.41, 5.74) is 4.43. The van der Waals surface area contributed by atoms with Crippen molar-refractivity contribution in [2.24, 2.45) is 0 Å². The molecule has 0 radical (unpaired) electrons. The molecule has 1 heterocycles. The molecule has 0 atom stereocenters. The van der Waals surface area contributed by atoms with Gasteiger partial charge in [-0.15, -0.1) is 0 Å². The smallest absolute Gasteiger partial charge is 0.244 e. The molecule has 5 heteroatoms. The Morgan fingerprint density at radius 3 is 2.74 bits per heavy atom. The molecule has 0 fully saturated rings. The number of amides is 1. The topological polar surface area (TPSA) is 60.7 Å². The minimum atomic E-state index is -0.0867. The summed E-state index contributed by atoms with van der Waals surface area (Å²) in [5.74, 6) is 1.40. The fraction of sp³-hybridized carbons (Fsp3) is 0.346. The number of fused-ring (bicyclic) bond motifs is 1. The van der Waals surface area contributed by atoms with Crippen molar-refractivity contribution in [3.05, 3.63) is 54.3 Å². The van der Waals surface area contributed by atoms with Gasteiger partial charge in [0, 0.05) is 35.2 Å². The Morgan fingerprint density at radius 2 is 2.00 bits per heavy atom. The zero-order chi connectivity index (χ0) is 22.2. The SMILES string of the molecule is CCCCCNC(=O)/C=C(\C)c1cc2c(-c3cccc(OC)c3)coc2cc1OCC. The maximum Gasteiger partial charge on any atom is 0.244 e. The fourth-order valence-corrected chi connectivity index (χ4v) is 3.56. The van der Waals surface area contributed by atoms with Crippen LogP contribution in [0.25, 0.3) is 27.7 Å². The van der Waals surface area contributed by atoms with Gasteiger partial charge in [-0.25, -0.2) is 0 Å². The van der Waals surface area contributed by atoms with E-state index < -0.39 is 0 Å². The first-order valence-corrected chi connectivity index (χ1v) is 10.9. The first-order valence-electron chi connectivity index (χ1n) is 10.9. The predicted octanol–water partition coefficient (Wildman–Crippen LogP) is 6.22. The highest BCUT2D eigenvalue weighted by atomic mass is 16.5. The number of nitrogens with one attached hydrogen (secondary N) is 1. The number of hydrogen-bond acceptors (Lipinski definition) is 4. The van der Waals surface area contributed by atoms with E-state index in [-0.39, 0.29) is 5.91 Å². The van der Waals surface area contributed by atoms with Gasteiger partial charge in [0.1, 0.15) is 17.1 Å². The van der Waals surface area contributed by atoms with Crippen LogP contribution in [-0.4, -0.2) is 26.2 Å². The summed E-state index contributed by atoms with van der Waals surface area (Å²) < 4.78 is 17.1. The number of unbranched alkanes of at least 4 members (excludes halogenated alkanes) is 2. The lowest BCUT2D eigenvalue weighted by Crippen LogP contribution is -2.22. The average molecular weight is 422 g/mol. The van der Waals surface area contributed by atoms with E-state index in [0.717, 1.165) is 58.2 Å². The van der Waals surface area contributed by atoms with Crippen molar-refractivity contribution in [3.8, 4) is 22.6 Å². The van der Waals surface area contributed by atoms with Crippen LogP contribution in [-0.2, 0) is 4.79 Å². The predicted molar refractivity (Wildman–Crippen MR) is 126 cm³/mol. The molecule has 164 valence electrons. The van der Waals surface area contributed by atoms with Crippen LogP contribution in [0.3, 0.4) is 0 Å². The average Bonchev–Trinajstić information content (AvgIpc) is 3.19. The summed E-state index contributed by atoms with van der Waals surface area (Å²) in [7, 11) is 1.65. The third-order valence-electron chi connectivity index (χ3n) is 5.21.